The fraction of sp³-hybridized carbons (Fsp3) is 0.333. The first-order chi connectivity index (χ1) is 13.0. The lowest BCUT2D eigenvalue weighted by Gasteiger charge is -2.17. The lowest BCUT2D eigenvalue weighted by atomic mass is 10.2. The largest absolute Gasteiger partial charge is 0.342 e. The topological polar surface area (TPSA) is 83.9 Å². The second-order valence-electron chi connectivity index (χ2n) is 6.47. The summed E-state index contributed by atoms with van der Waals surface area (Å²) < 4.78 is 1.51. The standard InChI is InChI=1S/C18H18ClN5O2S/c1-11-4-5-12(19)8-14(11)24-17(26)13-9-20-22-16(13)21-18(24)27-10-15(25)23-6-2-3-7-23/h4-5,8-9H,2-3,6-7,10H2,1H3,(H,20,22). The van der Waals surface area contributed by atoms with Gasteiger partial charge in [-0.15, -0.1) is 0 Å². The van der Waals surface area contributed by atoms with Gasteiger partial charge in [-0.2, -0.15) is 5.10 Å². The zero-order chi connectivity index (χ0) is 19.0. The Labute approximate surface area is 164 Å². The molecule has 3 heterocycles. The maximum atomic E-state index is 13.1. The van der Waals surface area contributed by atoms with E-state index in [-0.39, 0.29) is 17.2 Å². The molecule has 0 bridgehead atoms. The third-order valence-electron chi connectivity index (χ3n) is 4.65. The predicted octanol–water partition coefficient (Wildman–Crippen LogP) is 2.79. The van der Waals surface area contributed by atoms with Crippen LogP contribution in [-0.2, 0) is 4.79 Å². The second-order valence-corrected chi connectivity index (χ2v) is 7.85. The van der Waals surface area contributed by atoms with Crippen molar-refractivity contribution in [2.24, 2.45) is 0 Å². The zero-order valence-electron chi connectivity index (χ0n) is 14.7. The number of likely N-dealkylation sites (tertiary alicyclic amines) is 1. The number of rotatable bonds is 4. The zero-order valence-corrected chi connectivity index (χ0v) is 16.3. The van der Waals surface area contributed by atoms with E-state index >= 15 is 0 Å². The number of benzene rings is 1. The van der Waals surface area contributed by atoms with Crippen molar-refractivity contribution in [1.29, 1.82) is 0 Å². The highest BCUT2D eigenvalue weighted by Crippen LogP contribution is 2.25. The van der Waals surface area contributed by atoms with Gasteiger partial charge in [-0.3, -0.25) is 19.3 Å². The number of hydrogen-bond acceptors (Lipinski definition) is 5. The number of nitrogens with one attached hydrogen (secondary N) is 1. The van der Waals surface area contributed by atoms with E-state index in [4.69, 9.17) is 11.6 Å². The van der Waals surface area contributed by atoms with Crippen molar-refractivity contribution >= 4 is 40.3 Å². The van der Waals surface area contributed by atoms with Gasteiger partial charge in [0.2, 0.25) is 5.91 Å². The van der Waals surface area contributed by atoms with Gasteiger partial charge in [0.15, 0.2) is 10.8 Å². The van der Waals surface area contributed by atoms with Crippen molar-refractivity contribution in [2.75, 3.05) is 18.8 Å². The molecule has 4 rings (SSSR count). The van der Waals surface area contributed by atoms with Crippen LogP contribution in [0.4, 0.5) is 0 Å². The minimum atomic E-state index is -0.241. The van der Waals surface area contributed by atoms with Crippen LogP contribution < -0.4 is 5.56 Å². The Kier molecular flexibility index (Phi) is 4.92. The van der Waals surface area contributed by atoms with E-state index in [0.29, 0.717) is 26.9 Å². The predicted molar refractivity (Wildman–Crippen MR) is 106 cm³/mol. The lowest BCUT2D eigenvalue weighted by molar-refractivity contribution is -0.127. The Morgan fingerprint density at radius 3 is 2.89 bits per heavy atom. The molecule has 0 atom stereocenters. The molecule has 9 heteroatoms. The molecule has 1 amide bonds. The van der Waals surface area contributed by atoms with E-state index in [9.17, 15) is 9.59 Å². The number of halogens is 1. The van der Waals surface area contributed by atoms with Crippen LogP contribution in [0.3, 0.4) is 0 Å². The molecule has 7 nitrogen and oxygen atoms in total. The summed E-state index contributed by atoms with van der Waals surface area (Å²) in [4.78, 5) is 31.9. The van der Waals surface area contributed by atoms with E-state index in [1.165, 1.54) is 22.5 Å². The van der Waals surface area contributed by atoms with Crippen LogP contribution >= 0.6 is 23.4 Å². The Balaban J connectivity index is 1.77. The summed E-state index contributed by atoms with van der Waals surface area (Å²) in [5.74, 6) is 0.289. The number of aromatic amines is 1. The fourth-order valence-corrected chi connectivity index (χ4v) is 4.26. The Bertz CT molecular complexity index is 1070. The number of carbonyl (C=O) groups is 1. The Morgan fingerprint density at radius 2 is 2.11 bits per heavy atom. The van der Waals surface area contributed by atoms with Gasteiger partial charge in [0.25, 0.3) is 5.56 Å². The van der Waals surface area contributed by atoms with Crippen LogP contribution in [-0.4, -0.2) is 49.4 Å². The summed E-state index contributed by atoms with van der Waals surface area (Å²) in [7, 11) is 0. The minimum absolute atomic E-state index is 0.0609. The number of nitrogens with zero attached hydrogens (tertiary/aromatic N) is 4. The number of carbonyl (C=O) groups excluding carboxylic acids is 1. The average Bonchev–Trinajstić information content (AvgIpc) is 3.34. The van der Waals surface area contributed by atoms with Crippen molar-refractivity contribution in [3.05, 3.63) is 45.3 Å². The molecule has 1 aliphatic heterocycles. The molecule has 0 radical (unpaired) electrons. The number of H-pyrrole nitrogens is 1. The molecule has 0 unspecified atom stereocenters. The number of aromatic nitrogens is 4. The number of hydrogen-bond donors (Lipinski definition) is 1. The molecule has 0 saturated carbocycles. The van der Waals surface area contributed by atoms with E-state index in [1.54, 1.807) is 12.1 Å². The second kappa shape index (κ2) is 7.36. The molecule has 1 aliphatic rings. The highest BCUT2D eigenvalue weighted by molar-refractivity contribution is 7.99. The quantitative estimate of drug-likeness (QED) is 0.535. The molecule has 140 valence electrons. The first kappa shape index (κ1) is 18.1. The van der Waals surface area contributed by atoms with Crippen LogP contribution in [0.15, 0.2) is 34.3 Å². The van der Waals surface area contributed by atoms with Gasteiger partial charge >= 0.3 is 0 Å². The summed E-state index contributed by atoms with van der Waals surface area (Å²) in [6.07, 6.45) is 3.55. The molecule has 3 aromatic rings. The number of fused-ring (bicyclic) bond motifs is 1. The monoisotopic (exact) mass is 403 g/mol. The van der Waals surface area contributed by atoms with Gasteiger partial charge in [-0.25, -0.2) is 4.98 Å². The molecular formula is C18H18ClN5O2S. The minimum Gasteiger partial charge on any atom is -0.342 e. The van der Waals surface area contributed by atoms with Crippen molar-refractivity contribution in [3.8, 4) is 5.69 Å². The van der Waals surface area contributed by atoms with Gasteiger partial charge in [0.05, 0.1) is 17.6 Å². The van der Waals surface area contributed by atoms with E-state index in [1.807, 2.05) is 17.9 Å². The van der Waals surface area contributed by atoms with Crippen LogP contribution in [0.1, 0.15) is 18.4 Å². The number of aryl methyl sites for hydroxylation is 1. The van der Waals surface area contributed by atoms with Crippen LogP contribution in [0.2, 0.25) is 5.02 Å². The Hall–Kier alpha value is -2.32. The van der Waals surface area contributed by atoms with Crippen LogP contribution in [0, 0.1) is 6.92 Å². The average molecular weight is 404 g/mol. The summed E-state index contributed by atoms with van der Waals surface area (Å²) in [6, 6.07) is 5.37. The molecule has 0 spiro atoms. The highest BCUT2D eigenvalue weighted by Gasteiger charge is 2.21. The first-order valence-corrected chi connectivity index (χ1v) is 10.0. The molecular weight excluding hydrogens is 386 g/mol. The van der Waals surface area contributed by atoms with Crippen molar-refractivity contribution in [3.63, 3.8) is 0 Å². The van der Waals surface area contributed by atoms with Crippen molar-refractivity contribution in [1.82, 2.24) is 24.6 Å². The van der Waals surface area contributed by atoms with Gasteiger partial charge in [-0.1, -0.05) is 29.4 Å². The molecule has 2 aromatic heterocycles. The molecule has 1 fully saturated rings. The lowest BCUT2D eigenvalue weighted by Crippen LogP contribution is -2.29. The number of amides is 1. The molecule has 1 aromatic carbocycles. The van der Waals surface area contributed by atoms with E-state index < -0.39 is 0 Å². The molecule has 1 N–H and O–H groups in total. The maximum absolute atomic E-state index is 13.1. The highest BCUT2D eigenvalue weighted by atomic mass is 35.5. The summed E-state index contributed by atoms with van der Waals surface area (Å²) in [5, 5.41) is 8.02. The fourth-order valence-electron chi connectivity index (χ4n) is 3.19. The Morgan fingerprint density at radius 1 is 1.33 bits per heavy atom. The van der Waals surface area contributed by atoms with E-state index in [0.717, 1.165) is 31.5 Å². The van der Waals surface area contributed by atoms with E-state index in [2.05, 4.69) is 15.2 Å². The summed E-state index contributed by atoms with van der Waals surface area (Å²) in [5.41, 5.74) is 1.71. The molecule has 0 aliphatic carbocycles. The third kappa shape index (κ3) is 3.46. The summed E-state index contributed by atoms with van der Waals surface area (Å²) in [6.45, 7) is 3.50. The smallest absolute Gasteiger partial charge is 0.269 e. The van der Waals surface area contributed by atoms with Gasteiger partial charge in [0, 0.05) is 18.1 Å². The van der Waals surface area contributed by atoms with Gasteiger partial charge < -0.3 is 4.90 Å². The number of thioether (sulfide) groups is 1. The van der Waals surface area contributed by atoms with Crippen molar-refractivity contribution < 1.29 is 4.79 Å². The summed E-state index contributed by atoms with van der Waals surface area (Å²) >= 11 is 7.41. The SMILES string of the molecule is Cc1ccc(Cl)cc1-n1c(SCC(=O)N2CCCC2)nc2[nH]ncc2c1=O. The maximum Gasteiger partial charge on any atom is 0.269 e. The normalized spacial score (nSPS) is 14.2. The molecule has 27 heavy (non-hydrogen) atoms. The third-order valence-corrected chi connectivity index (χ3v) is 5.81. The first-order valence-electron chi connectivity index (χ1n) is 8.68. The van der Waals surface area contributed by atoms with Crippen LogP contribution in [0.5, 0.6) is 0 Å². The van der Waals surface area contributed by atoms with Gasteiger partial charge in [-0.05, 0) is 37.5 Å². The van der Waals surface area contributed by atoms with Crippen molar-refractivity contribution in [2.45, 2.75) is 24.9 Å². The van der Waals surface area contributed by atoms with Crippen LogP contribution in [0.25, 0.3) is 16.7 Å². The molecule has 1 saturated heterocycles. The van der Waals surface area contributed by atoms with Gasteiger partial charge in [0.1, 0.15) is 5.39 Å².